The first-order valence-electron chi connectivity index (χ1n) is 11.8. The first-order chi connectivity index (χ1) is 18.1. The summed E-state index contributed by atoms with van der Waals surface area (Å²) in [6.07, 6.45) is 3.57. The number of aromatic amines is 1. The van der Waals surface area contributed by atoms with Crippen molar-refractivity contribution in [3.8, 4) is 17.0 Å². The Hall–Kier alpha value is -5.24. The van der Waals surface area contributed by atoms with E-state index in [4.69, 9.17) is 4.98 Å². The second-order valence-corrected chi connectivity index (χ2v) is 9.00. The molecule has 0 aliphatic heterocycles. The molecule has 7 aromatic rings. The fraction of sp³-hybridized carbons (Fsp3) is 0.0345. The van der Waals surface area contributed by atoms with Gasteiger partial charge >= 0.3 is 0 Å². The van der Waals surface area contributed by atoms with Gasteiger partial charge in [-0.3, -0.25) is 19.0 Å². The standard InChI is InChI=1S/C29H19N5O3/c35-22(14-16-6-8-18(9-7-16)17-4-2-1-3-5-17)31-19-10-11-21-20(15-19)23-24-25(29(37)33-28(24)36)26-30-12-13-34(26)27(23)32-21/h1-13,15,37H,14H2,(H,31,35)(H,33,36). The van der Waals surface area contributed by atoms with Crippen LogP contribution < -0.4 is 10.9 Å². The SMILES string of the molecule is O=C(Cc1ccc(-c2ccccc2)cc1)Nc1ccc2nc3c(c2c1)c1c(=O)[nH]c(O)c1c1nccn13. The Morgan fingerprint density at radius 3 is 2.51 bits per heavy atom. The maximum atomic E-state index is 12.9. The molecule has 0 saturated heterocycles. The number of carbonyl (C=O) groups excluding carboxylic acids is 1. The molecule has 0 radical (unpaired) electrons. The number of hydrogen-bond donors (Lipinski definition) is 3. The van der Waals surface area contributed by atoms with Gasteiger partial charge in [0.2, 0.25) is 11.8 Å². The number of amides is 1. The van der Waals surface area contributed by atoms with Gasteiger partial charge in [0.25, 0.3) is 5.56 Å². The Morgan fingerprint density at radius 1 is 0.919 bits per heavy atom. The van der Waals surface area contributed by atoms with Gasteiger partial charge in [0, 0.05) is 28.9 Å². The summed E-state index contributed by atoms with van der Waals surface area (Å²) in [6, 6.07) is 23.4. The molecule has 0 bridgehead atoms. The summed E-state index contributed by atoms with van der Waals surface area (Å²) in [6.45, 7) is 0. The molecular formula is C29H19N5O3. The highest BCUT2D eigenvalue weighted by Crippen LogP contribution is 2.36. The minimum Gasteiger partial charge on any atom is -0.494 e. The summed E-state index contributed by atoms with van der Waals surface area (Å²) in [7, 11) is 0. The lowest BCUT2D eigenvalue weighted by atomic mass is 10.0. The van der Waals surface area contributed by atoms with Gasteiger partial charge in [-0.25, -0.2) is 9.97 Å². The molecule has 3 N–H and O–H groups in total. The number of fused-ring (bicyclic) bond motifs is 8. The van der Waals surface area contributed by atoms with Crippen molar-refractivity contribution in [3.63, 3.8) is 0 Å². The molecule has 37 heavy (non-hydrogen) atoms. The molecule has 0 saturated carbocycles. The lowest BCUT2D eigenvalue weighted by Gasteiger charge is -2.07. The van der Waals surface area contributed by atoms with E-state index in [1.54, 1.807) is 22.9 Å². The lowest BCUT2D eigenvalue weighted by Crippen LogP contribution is -2.14. The number of pyridine rings is 1. The minimum absolute atomic E-state index is 0.151. The Morgan fingerprint density at radius 2 is 1.70 bits per heavy atom. The van der Waals surface area contributed by atoms with Crippen molar-refractivity contribution in [2.75, 3.05) is 5.32 Å². The van der Waals surface area contributed by atoms with Gasteiger partial charge in [0.1, 0.15) is 5.65 Å². The van der Waals surface area contributed by atoms with Gasteiger partial charge in [0.15, 0.2) is 5.65 Å². The summed E-state index contributed by atoms with van der Waals surface area (Å²) >= 11 is 0. The van der Waals surface area contributed by atoms with E-state index in [0.717, 1.165) is 16.7 Å². The molecule has 0 aliphatic carbocycles. The largest absolute Gasteiger partial charge is 0.494 e. The third-order valence-corrected chi connectivity index (χ3v) is 6.71. The van der Waals surface area contributed by atoms with Crippen molar-refractivity contribution in [1.29, 1.82) is 0 Å². The molecule has 0 aliphatic rings. The van der Waals surface area contributed by atoms with Crippen molar-refractivity contribution >= 4 is 50.0 Å². The van der Waals surface area contributed by atoms with E-state index < -0.39 is 5.56 Å². The topological polar surface area (TPSA) is 112 Å². The van der Waals surface area contributed by atoms with E-state index in [1.807, 2.05) is 54.6 Å². The predicted octanol–water partition coefficient (Wildman–Crippen LogP) is 4.87. The van der Waals surface area contributed by atoms with Crippen molar-refractivity contribution < 1.29 is 9.90 Å². The Kier molecular flexibility index (Phi) is 4.49. The van der Waals surface area contributed by atoms with Gasteiger partial charge in [0.05, 0.1) is 22.7 Å². The average molecular weight is 486 g/mol. The van der Waals surface area contributed by atoms with Crippen LogP contribution in [0.3, 0.4) is 0 Å². The molecular weight excluding hydrogens is 466 g/mol. The third-order valence-electron chi connectivity index (χ3n) is 6.71. The van der Waals surface area contributed by atoms with Gasteiger partial charge < -0.3 is 10.4 Å². The van der Waals surface area contributed by atoms with Crippen LogP contribution in [0.5, 0.6) is 5.88 Å². The number of aromatic hydroxyl groups is 1. The van der Waals surface area contributed by atoms with E-state index in [2.05, 4.69) is 27.4 Å². The van der Waals surface area contributed by atoms with Crippen molar-refractivity contribution in [1.82, 2.24) is 19.4 Å². The van der Waals surface area contributed by atoms with Crippen LogP contribution in [0.15, 0.2) is 90.0 Å². The average Bonchev–Trinajstić information content (AvgIpc) is 3.60. The first kappa shape index (κ1) is 21.1. The molecule has 1 amide bonds. The van der Waals surface area contributed by atoms with Crippen molar-refractivity contribution in [3.05, 3.63) is 101 Å². The highest BCUT2D eigenvalue weighted by atomic mass is 16.3. The van der Waals surface area contributed by atoms with Crippen molar-refractivity contribution in [2.45, 2.75) is 6.42 Å². The number of nitrogens with zero attached hydrogens (tertiary/aromatic N) is 3. The van der Waals surface area contributed by atoms with E-state index in [9.17, 15) is 14.7 Å². The molecule has 0 atom stereocenters. The Labute approximate surface area is 209 Å². The van der Waals surface area contributed by atoms with Crippen LogP contribution in [-0.2, 0) is 11.2 Å². The van der Waals surface area contributed by atoms with Gasteiger partial charge in [-0.05, 0) is 34.9 Å². The first-order valence-corrected chi connectivity index (χ1v) is 11.8. The quantitative estimate of drug-likeness (QED) is 0.329. The summed E-state index contributed by atoms with van der Waals surface area (Å²) in [5, 5.41) is 15.3. The molecule has 4 heterocycles. The summed E-state index contributed by atoms with van der Waals surface area (Å²) in [5.41, 5.74) is 5.00. The number of hydrogen-bond acceptors (Lipinski definition) is 5. The Balaban J connectivity index is 1.23. The van der Waals surface area contributed by atoms with Gasteiger partial charge in [-0.1, -0.05) is 54.6 Å². The zero-order chi connectivity index (χ0) is 25.1. The number of benzene rings is 3. The molecule has 0 spiro atoms. The van der Waals surface area contributed by atoms with E-state index in [1.165, 1.54) is 0 Å². The van der Waals surface area contributed by atoms with Crippen LogP contribution >= 0.6 is 0 Å². The molecule has 178 valence electrons. The minimum atomic E-state index is -0.411. The third kappa shape index (κ3) is 3.30. The fourth-order valence-corrected chi connectivity index (χ4v) is 5.04. The van der Waals surface area contributed by atoms with E-state index in [-0.39, 0.29) is 18.2 Å². The van der Waals surface area contributed by atoms with Crippen molar-refractivity contribution in [2.24, 2.45) is 0 Å². The Bertz CT molecular complexity index is 2030. The summed E-state index contributed by atoms with van der Waals surface area (Å²) in [4.78, 5) is 37.1. The second kappa shape index (κ2) is 7.89. The van der Waals surface area contributed by atoms with E-state index >= 15 is 0 Å². The number of H-pyrrole nitrogens is 1. The smallest absolute Gasteiger partial charge is 0.259 e. The fourth-order valence-electron chi connectivity index (χ4n) is 5.04. The number of nitrogens with one attached hydrogen (secondary N) is 2. The van der Waals surface area contributed by atoms with E-state index in [0.29, 0.717) is 44.0 Å². The highest BCUT2D eigenvalue weighted by molar-refractivity contribution is 6.23. The van der Waals surface area contributed by atoms with Crippen LogP contribution in [0.1, 0.15) is 5.56 Å². The molecule has 8 heteroatoms. The van der Waals surface area contributed by atoms with Crippen LogP contribution in [0.4, 0.5) is 5.69 Å². The molecule has 7 rings (SSSR count). The number of rotatable bonds is 4. The second-order valence-electron chi connectivity index (χ2n) is 9.00. The molecule has 0 fully saturated rings. The maximum absolute atomic E-state index is 12.9. The molecule has 4 aromatic heterocycles. The van der Waals surface area contributed by atoms with Crippen LogP contribution in [-0.4, -0.2) is 30.4 Å². The maximum Gasteiger partial charge on any atom is 0.259 e. The number of aromatic nitrogens is 4. The van der Waals surface area contributed by atoms with Gasteiger partial charge in [-0.15, -0.1) is 0 Å². The summed E-state index contributed by atoms with van der Waals surface area (Å²) in [5.74, 6) is -0.378. The number of anilines is 1. The molecule has 3 aromatic carbocycles. The molecule has 0 unspecified atom stereocenters. The van der Waals surface area contributed by atoms with Crippen LogP contribution in [0, 0.1) is 0 Å². The predicted molar refractivity (Wildman–Crippen MR) is 143 cm³/mol. The monoisotopic (exact) mass is 485 g/mol. The zero-order valence-electron chi connectivity index (χ0n) is 19.4. The normalized spacial score (nSPS) is 11.7. The lowest BCUT2D eigenvalue weighted by molar-refractivity contribution is -0.115. The highest BCUT2D eigenvalue weighted by Gasteiger charge is 2.22. The summed E-state index contributed by atoms with van der Waals surface area (Å²) < 4.78 is 1.75. The zero-order valence-corrected chi connectivity index (χ0v) is 19.4. The van der Waals surface area contributed by atoms with Gasteiger partial charge in [-0.2, -0.15) is 0 Å². The van der Waals surface area contributed by atoms with Crippen LogP contribution in [0.2, 0.25) is 0 Å². The number of carbonyl (C=O) groups is 1. The molecule has 8 nitrogen and oxygen atoms in total. The van der Waals surface area contributed by atoms with Crippen LogP contribution in [0.25, 0.3) is 49.5 Å². The number of imidazole rings is 1.